The third-order valence-corrected chi connectivity index (χ3v) is 5.57. The van der Waals surface area contributed by atoms with Crippen LogP contribution in [0.1, 0.15) is 19.3 Å². The number of halogens is 3. The zero-order chi connectivity index (χ0) is 20.1. The highest BCUT2D eigenvalue weighted by molar-refractivity contribution is 5.78. The average molecular weight is 399 g/mol. The second kappa shape index (κ2) is 9.03. The summed E-state index contributed by atoms with van der Waals surface area (Å²) in [5.74, 6) is 0.869. The molecule has 0 unspecified atom stereocenters. The van der Waals surface area contributed by atoms with Crippen LogP contribution in [0.3, 0.4) is 0 Å². The summed E-state index contributed by atoms with van der Waals surface area (Å²) in [5, 5.41) is 0. The second-order valence-corrected chi connectivity index (χ2v) is 7.65. The smallest absolute Gasteiger partial charge is 0.401 e. The van der Waals surface area contributed by atoms with E-state index in [0.717, 1.165) is 30.7 Å². The highest BCUT2D eigenvalue weighted by Crippen LogP contribution is 2.28. The Bertz CT molecular complexity index is 639. The molecule has 5 nitrogen and oxygen atoms in total. The van der Waals surface area contributed by atoms with E-state index in [4.69, 9.17) is 4.74 Å². The Kier molecular flexibility index (Phi) is 6.69. The second-order valence-electron chi connectivity index (χ2n) is 7.65. The standard InChI is InChI=1S/C20H28F3N3O2/c1-28-18-7-5-17(6-8-18)25-9-11-26(12-10-25)19(27)14-24(15-20(21,22)23)13-16-3-2-4-16/h5-8,16H,2-4,9-15H2,1H3. The van der Waals surface area contributed by atoms with Gasteiger partial charge in [-0.3, -0.25) is 9.69 Å². The molecule has 1 aliphatic carbocycles. The number of alkyl halides is 3. The van der Waals surface area contributed by atoms with E-state index in [9.17, 15) is 18.0 Å². The average Bonchev–Trinajstić information content (AvgIpc) is 2.63. The van der Waals surface area contributed by atoms with E-state index in [2.05, 4.69) is 4.90 Å². The normalized spacial score (nSPS) is 18.3. The van der Waals surface area contributed by atoms with Gasteiger partial charge in [-0.15, -0.1) is 0 Å². The largest absolute Gasteiger partial charge is 0.497 e. The molecule has 0 N–H and O–H groups in total. The molecule has 1 saturated heterocycles. The lowest BCUT2D eigenvalue weighted by Gasteiger charge is -2.38. The first-order valence-corrected chi connectivity index (χ1v) is 9.80. The van der Waals surface area contributed by atoms with Crippen LogP contribution < -0.4 is 9.64 Å². The van der Waals surface area contributed by atoms with Gasteiger partial charge < -0.3 is 14.5 Å². The summed E-state index contributed by atoms with van der Waals surface area (Å²) in [6.45, 7) is 1.57. The third kappa shape index (κ3) is 5.77. The molecule has 0 atom stereocenters. The summed E-state index contributed by atoms with van der Waals surface area (Å²) in [6, 6.07) is 7.73. The molecule has 1 aromatic rings. The summed E-state index contributed by atoms with van der Waals surface area (Å²) < 4.78 is 43.8. The van der Waals surface area contributed by atoms with Crippen LogP contribution in [-0.2, 0) is 4.79 Å². The number of amides is 1. The number of piperazine rings is 1. The number of ether oxygens (including phenoxy) is 1. The quantitative estimate of drug-likeness (QED) is 0.706. The Labute approximate surface area is 164 Å². The molecule has 3 rings (SSSR count). The van der Waals surface area contributed by atoms with E-state index in [1.807, 2.05) is 24.3 Å². The first-order valence-electron chi connectivity index (χ1n) is 9.80. The number of methoxy groups -OCH3 is 1. The lowest BCUT2D eigenvalue weighted by atomic mass is 9.85. The molecule has 1 aliphatic heterocycles. The van der Waals surface area contributed by atoms with Gasteiger partial charge in [0.1, 0.15) is 5.75 Å². The maximum Gasteiger partial charge on any atom is 0.401 e. The van der Waals surface area contributed by atoms with Crippen molar-refractivity contribution in [3.8, 4) is 5.75 Å². The van der Waals surface area contributed by atoms with Crippen LogP contribution >= 0.6 is 0 Å². The molecule has 1 heterocycles. The first kappa shape index (κ1) is 20.8. The van der Waals surface area contributed by atoms with Crippen LogP contribution in [0.5, 0.6) is 5.75 Å². The van der Waals surface area contributed by atoms with Crippen molar-refractivity contribution in [1.29, 1.82) is 0 Å². The topological polar surface area (TPSA) is 36.0 Å². The Morgan fingerprint density at radius 2 is 1.79 bits per heavy atom. The van der Waals surface area contributed by atoms with Crippen molar-refractivity contribution in [3.05, 3.63) is 24.3 Å². The summed E-state index contributed by atoms with van der Waals surface area (Å²) >= 11 is 0. The minimum Gasteiger partial charge on any atom is -0.497 e. The molecule has 1 amide bonds. The van der Waals surface area contributed by atoms with Crippen LogP contribution in [-0.4, -0.2) is 74.8 Å². The highest BCUT2D eigenvalue weighted by atomic mass is 19.4. The Morgan fingerprint density at radius 1 is 1.14 bits per heavy atom. The van der Waals surface area contributed by atoms with Gasteiger partial charge in [0.05, 0.1) is 20.2 Å². The number of nitrogens with zero attached hydrogens (tertiary/aromatic N) is 3. The molecule has 8 heteroatoms. The van der Waals surface area contributed by atoms with Crippen LogP contribution in [0.15, 0.2) is 24.3 Å². The predicted octanol–water partition coefficient (Wildman–Crippen LogP) is 3.01. The van der Waals surface area contributed by atoms with Crippen molar-refractivity contribution in [2.24, 2.45) is 5.92 Å². The summed E-state index contributed by atoms with van der Waals surface area (Å²) in [7, 11) is 1.62. The van der Waals surface area contributed by atoms with Crippen LogP contribution in [0, 0.1) is 5.92 Å². The van der Waals surface area contributed by atoms with Crippen molar-refractivity contribution < 1.29 is 22.7 Å². The van der Waals surface area contributed by atoms with E-state index in [0.29, 0.717) is 38.6 Å². The van der Waals surface area contributed by atoms with Gasteiger partial charge in [-0.1, -0.05) is 6.42 Å². The Morgan fingerprint density at radius 3 is 2.29 bits per heavy atom. The van der Waals surface area contributed by atoms with Gasteiger partial charge >= 0.3 is 6.18 Å². The molecular weight excluding hydrogens is 371 g/mol. The fourth-order valence-corrected chi connectivity index (χ4v) is 3.78. The first-order chi connectivity index (χ1) is 13.3. The lowest BCUT2D eigenvalue weighted by molar-refractivity contribution is -0.153. The Hall–Kier alpha value is -1.96. The van der Waals surface area contributed by atoms with Gasteiger partial charge in [-0.2, -0.15) is 13.2 Å². The van der Waals surface area contributed by atoms with Gasteiger partial charge in [0.15, 0.2) is 0 Å². The predicted molar refractivity (Wildman–Crippen MR) is 102 cm³/mol. The molecule has 28 heavy (non-hydrogen) atoms. The number of rotatable bonds is 7. The van der Waals surface area contributed by atoms with E-state index < -0.39 is 12.7 Å². The van der Waals surface area contributed by atoms with Crippen molar-refractivity contribution in [1.82, 2.24) is 9.80 Å². The summed E-state index contributed by atoms with van der Waals surface area (Å²) in [4.78, 5) is 17.7. The molecule has 0 spiro atoms. The minimum absolute atomic E-state index is 0.154. The number of benzene rings is 1. The van der Waals surface area contributed by atoms with Gasteiger partial charge in [0, 0.05) is 38.4 Å². The molecule has 2 aliphatic rings. The fraction of sp³-hybridized carbons (Fsp3) is 0.650. The lowest BCUT2D eigenvalue weighted by Crippen LogP contribution is -2.52. The molecule has 2 fully saturated rings. The zero-order valence-corrected chi connectivity index (χ0v) is 16.2. The number of hydrogen-bond acceptors (Lipinski definition) is 4. The van der Waals surface area contributed by atoms with E-state index >= 15 is 0 Å². The molecule has 1 aromatic carbocycles. The Balaban J connectivity index is 1.51. The van der Waals surface area contributed by atoms with Crippen LogP contribution in [0.4, 0.5) is 18.9 Å². The summed E-state index contributed by atoms with van der Waals surface area (Å²) in [5.41, 5.74) is 1.05. The van der Waals surface area contributed by atoms with Crippen molar-refractivity contribution in [2.45, 2.75) is 25.4 Å². The fourth-order valence-electron chi connectivity index (χ4n) is 3.78. The third-order valence-electron chi connectivity index (χ3n) is 5.57. The number of carbonyl (C=O) groups is 1. The zero-order valence-electron chi connectivity index (χ0n) is 16.2. The maximum absolute atomic E-state index is 12.9. The van der Waals surface area contributed by atoms with Crippen molar-refractivity contribution in [2.75, 3.05) is 57.8 Å². The monoisotopic (exact) mass is 399 g/mol. The number of anilines is 1. The van der Waals surface area contributed by atoms with Crippen LogP contribution in [0.25, 0.3) is 0 Å². The maximum atomic E-state index is 12.9. The number of hydrogen-bond donors (Lipinski definition) is 0. The van der Waals surface area contributed by atoms with E-state index in [1.54, 1.807) is 12.0 Å². The van der Waals surface area contributed by atoms with E-state index in [-0.39, 0.29) is 12.5 Å². The molecule has 0 bridgehead atoms. The highest BCUT2D eigenvalue weighted by Gasteiger charge is 2.34. The van der Waals surface area contributed by atoms with E-state index in [1.165, 1.54) is 4.90 Å². The molecule has 0 aromatic heterocycles. The van der Waals surface area contributed by atoms with Gasteiger partial charge in [-0.05, 0) is 43.0 Å². The van der Waals surface area contributed by atoms with Gasteiger partial charge in [-0.25, -0.2) is 0 Å². The molecular formula is C20H28F3N3O2. The minimum atomic E-state index is -4.28. The summed E-state index contributed by atoms with van der Waals surface area (Å²) in [6.07, 6.45) is -1.28. The SMILES string of the molecule is COc1ccc(N2CCN(C(=O)CN(CC3CCC3)CC(F)(F)F)CC2)cc1. The van der Waals surface area contributed by atoms with Gasteiger partial charge in [0.25, 0.3) is 0 Å². The molecule has 156 valence electrons. The van der Waals surface area contributed by atoms with Crippen molar-refractivity contribution >= 4 is 11.6 Å². The molecule has 0 radical (unpaired) electrons. The van der Waals surface area contributed by atoms with Gasteiger partial charge in [0.2, 0.25) is 5.91 Å². The number of carbonyl (C=O) groups excluding carboxylic acids is 1. The van der Waals surface area contributed by atoms with Crippen LogP contribution in [0.2, 0.25) is 0 Å². The van der Waals surface area contributed by atoms with Crippen molar-refractivity contribution in [3.63, 3.8) is 0 Å². The molecule has 1 saturated carbocycles.